The van der Waals surface area contributed by atoms with Gasteiger partial charge >= 0.3 is 0 Å². The zero-order valence-corrected chi connectivity index (χ0v) is 12.5. The Bertz CT molecular complexity index is 384. The largest absolute Gasteiger partial charge is 0.345 e. The zero-order chi connectivity index (χ0) is 13.5. The molecule has 1 atom stereocenters. The van der Waals surface area contributed by atoms with Gasteiger partial charge in [-0.15, -0.1) is 12.4 Å². The molecule has 0 fully saturated rings. The summed E-state index contributed by atoms with van der Waals surface area (Å²) in [5.41, 5.74) is 1.04. The van der Waals surface area contributed by atoms with Crippen LogP contribution < -0.4 is 5.32 Å². The van der Waals surface area contributed by atoms with Crippen LogP contribution in [0.25, 0.3) is 0 Å². The van der Waals surface area contributed by atoms with Crippen molar-refractivity contribution in [3.05, 3.63) is 35.6 Å². The van der Waals surface area contributed by atoms with Crippen LogP contribution in [0.15, 0.2) is 24.3 Å². The highest BCUT2D eigenvalue weighted by atomic mass is 35.5. The maximum absolute atomic E-state index is 12.7. The van der Waals surface area contributed by atoms with Gasteiger partial charge in [-0.2, -0.15) is 0 Å². The van der Waals surface area contributed by atoms with Gasteiger partial charge in [0.25, 0.3) is 0 Å². The Morgan fingerprint density at radius 2 is 1.95 bits per heavy atom. The quantitative estimate of drug-likeness (QED) is 0.869. The van der Waals surface area contributed by atoms with Gasteiger partial charge in [-0.05, 0) is 31.2 Å². The first kappa shape index (κ1) is 17.9. The number of nitrogens with zero attached hydrogens (tertiary/aromatic N) is 1. The number of rotatable bonds is 6. The summed E-state index contributed by atoms with van der Waals surface area (Å²) < 4.78 is 12.7. The molecule has 0 aliphatic rings. The smallest absolute Gasteiger partial charge is 0.226 e. The molecule has 0 spiro atoms. The number of carbonyl (C=O) groups is 1. The number of benzene rings is 1. The van der Waals surface area contributed by atoms with Crippen LogP contribution in [-0.2, 0) is 11.2 Å². The topological polar surface area (TPSA) is 32.3 Å². The van der Waals surface area contributed by atoms with Gasteiger partial charge in [-0.25, -0.2) is 4.39 Å². The molecule has 0 bridgehead atoms. The van der Waals surface area contributed by atoms with Crippen LogP contribution in [0.2, 0.25) is 0 Å². The average molecular weight is 289 g/mol. The fraction of sp³-hybridized carbons (Fsp3) is 0.500. The number of carbonyl (C=O) groups excluding carboxylic acids is 1. The van der Waals surface area contributed by atoms with E-state index in [1.165, 1.54) is 12.1 Å². The molecule has 1 rings (SSSR count). The Morgan fingerprint density at radius 1 is 1.37 bits per heavy atom. The standard InChI is InChI=1S/C14H21FN2O.ClH/c1-11(10-16-2)14(18)17(3)9-8-12-4-6-13(15)7-5-12;/h4-7,11,16H,8-10H2,1-3H3;1H. The predicted molar refractivity (Wildman–Crippen MR) is 78.1 cm³/mol. The summed E-state index contributed by atoms with van der Waals surface area (Å²) in [7, 11) is 3.64. The molecule has 0 aliphatic heterocycles. The molecule has 108 valence electrons. The van der Waals surface area contributed by atoms with Gasteiger partial charge in [0, 0.05) is 26.1 Å². The lowest BCUT2D eigenvalue weighted by Crippen LogP contribution is -2.37. The summed E-state index contributed by atoms with van der Waals surface area (Å²) in [5, 5.41) is 2.99. The molecule has 19 heavy (non-hydrogen) atoms. The van der Waals surface area contributed by atoms with E-state index in [-0.39, 0.29) is 30.0 Å². The van der Waals surface area contributed by atoms with Crippen LogP contribution in [-0.4, -0.2) is 38.0 Å². The van der Waals surface area contributed by atoms with Crippen molar-refractivity contribution in [2.45, 2.75) is 13.3 Å². The van der Waals surface area contributed by atoms with E-state index in [0.29, 0.717) is 13.1 Å². The molecule has 1 unspecified atom stereocenters. The van der Waals surface area contributed by atoms with Crippen LogP contribution >= 0.6 is 12.4 Å². The normalized spacial score (nSPS) is 11.6. The van der Waals surface area contributed by atoms with Crippen molar-refractivity contribution in [2.24, 2.45) is 5.92 Å². The van der Waals surface area contributed by atoms with Gasteiger partial charge in [-0.1, -0.05) is 19.1 Å². The SMILES string of the molecule is CNCC(C)C(=O)N(C)CCc1ccc(F)cc1.Cl. The maximum atomic E-state index is 12.7. The summed E-state index contributed by atoms with van der Waals surface area (Å²) in [6.07, 6.45) is 0.745. The second kappa shape index (κ2) is 8.88. The lowest BCUT2D eigenvalue weighted by Gasteiger charge is -2.21. The lowest BCUT2D eigenvalue weighted by molar-refractivity contribution is -0.133. The van der Waals surface area contributed by atoms with E-state index in [9.17, 15) is 9.18 Å². The Hall–Kier alpha value is -1.13. The molecule has 0 aliphatic carbocycles. The molecule has 1 aromatic rings. The van der Waals surface area contributed by atoms with Gasteiger partial charge in [0.05, 0.1) is 0 Å². The number of hydrogen-bond acceptors (Lipinski definition) is 2. The lowest BCUT2D eigenvalue weighted by atomic mass is 10.1. The Kier molecular flexibility index (Phi) is 8.35. The molecular formula is C14H22ClFN2O. The first-order chi connectivity index (χ1) is 8.54. The second-order valence-electron chi connectivity index (χ2n) is 4.59. The molecule has 5 heteroatoms. The minimum atomic E-state index is -0.231. The Balaban J connectivity index is 0.00000324. The van der Waals surface area contributed by atoms with Crippen molar-refractivity contribution < 1.29 is 9.18 Å². The molecule has 0 saturated carbocycles. The van der Waals surface area contributed by atoms with Crippen molar-refractivity contribution in [3.63, 3.8) is 0 Å². The fourth-order valence-corrected chi connectivity index (χ4v) is 1.83. The van der Waals surface area contributed by atoms with Gasteiger partial charge in [0.1, 0.15) is 5.82 Å². The van der Waals surface area contributed by atoms with E-state index in [1.807, 2.05) is 14.0 Å². The zero-order valence-electron chi connectivity index (χ0n) is 11.6. The highest BCUT2D eigenvalue weighted by Gasteiger charge is 2.16. The summed E-state index contributed by atoms with van der Waals surface area (Å²) in [5.74, 6) is -0.120. The fourth-order valence-electron chi connectivity index (χ4n) is 1.83. The number of nitrogens with one attached hydrogen (secondary N) is 1. The number of likely N-dealkylation sites (N-methyl/N-ethyl adjacent to an activating group) is 1. The van der Waals surface area contributed by atoms with E-state index in [1.54, 1.807) is 24.1 Å². The first-order valence-corrected chi connectivity index (χ1v) is 6.18. The molecular weight excluding hydrogens is 267 g/mol. The van der Waals surface area contributed by atoms with Crippen molar-refractivity contribution in [1.82, 2.24) is 10.2 Å². The van der Waals surface area contributed by atoms with E-state index in [4.69, 9.17) is 0 Å². The van der Waals surface area contributed by atoms with Crippen molar-refractivity contribution >= 4 is 18.3 Å². The van der Waals surface area contributed by atoms with Gasteiger partial charge in [0.2, 0.25) is 5.91 Å². The van der Waals surface area contributed by atoms with E-state index < -0.39 is 0 Å². The predicted octanol–water partition coefficient (Wildman–Crippen LogP) is 2.10. The minimum Gasteiger partial charge on any atom is -0.345 e. The van der Waals surface area contributed by atoms with E-state index in [0.717, 1.165) is 12.0 Å². The van der Waals surface area contributed by atoms with Gasteiger partial charge in [-0.3, -0.25) is 4.79 Å². The summed E-state index contributed by atoms with van der Waals surface area (Å²) in [6.45, 7) is 3.24. The van der Waals surface area contributed by atoms with Crippen LogP contribution in [0.1, 0.15) is 12.5 Å². The molecule has 0 heterocycles. The molecule has 0 saturated heterocycles. The maximum Gasteiger partial charge on any atom is 0.226 e. The van der Waals surface area contributed by atoms with Crippen LogP contribution in [0.4, 0.5) is 4.39 Å². The highest BCUT2D eigenvalue weighted by molar-refractivity contribution is 5.85. The third kappa shape index (κ3) is 6.03. The van der Waals surface area contributed by atoms with Crippen LogP contribution in [0.5, 0.6) is 0 Å². The van der Waals surface area contributed by atoms with Crippen molar-refractivity contribution in [2.75, 3.05) is 27.2 Å². The van der Waals surface area contributed by atoms with E-state index >= 15 is 0 Å². The third-order valence-corrected chi connectivity index (χ3v) is 2.96. The molecule has 1 amide bonds. The minimum absolute atomic E-state index is 0. The monoisotopic (exact) mass is 288 g/mol. The van der Waals surface area contributed by atoms with E-state index in [2.05, 4.69) is 5.32 Å². The molecule has 3 nitrogen and oxygen atoms in total. The molecule has 0 aromatic heterocycles. The van der Waals surface area contributed by atoms with Crippen molar-refractivity contribution in [1.29, 1.82) is 0 Å². The summed E-state index contributed by atoms with van der Waals surface area (Å²) >= 11 is 0. The summed E-state index contributed by atoms with van der Waals surface area (Å²) in [4.78, 5) is 13.7. The molecule has 0 radical (unpaired) electrons. The molecule has 1 N–H and O–H groups in total. The van der Waals surface area contributed by atoms with Crippen LogP contribution in [0.3, 0.4) is 0 Å². The number of amides is 1. The second-order valence-corrected chi connectivity index (χ2v) is 4.59. The first-order valence-electron chi connectivity index (χ1n) is 6.18. The van der Waals surface area contributed by atoms with Gasteiger partial charge < -0.3 is 10.2 Å². The van der Waals surface area contributed by atoms with Gasteiger partial charge in [0.15, 0.2) is 0 Å². The van der Waals surface area contributed by atoms with Crippen LogP contribution in [0, 0.1) is 11.7 Å². The highest BCUT2D eigenvalue weighted by Crippen LogP contribution is 2.06. The Labute approximate surface area is 120 Å². The number of halogens is 2. The summed E-state index contributed by atoms with van der Waals surface area (Å²) in [6, 6.07) is 6.40. The third-order valence-electron chi connectivity index (χ3n) is 2.96. The van der Waals surface area contributed by atoms with Crippen molar-refractivity contribution in [3.8, 4) is 0 Å². The number of hydrogen-bond donors (Lipinski definition) is 1. The Morgan fingerprint density at radius 3 is 2.47 bits per heavy atom. The average Bonchev–Trinajstić information content (AvgIpc) is 2.37. The molecule has 1 aromatic carbocycles.